The smallest absolute Gasteiger partial charge is 0.255 e. The van der Waals surface area contributed by atoms with E-state index in [2.05, 4.69) is 10.3 Å². The summed E-state index contributed by atoms with van der Waals surface area (Å²) in [7, 11) is 1.53. The Bertz CT molecular complexity index is 611. The van der Waals surface area contributed by atoms with Crippen LogP contribution in [0.2, 0.25) is 0 Å². The van der Waals surface area contributed by atoms with E-state index in [-0.39, 0.29) is 5.91 Å². The van der Waals surface area contributed by atoms with Crippen LogP contribution in [0.5, 0.6) is 5.75 Å². The maximum absolute atomic E-state index is 12.1. The van der Waals surface area contributed by atoms with Gasteiger partial charge in [-0.05, 0) is 30.7 Å². The Labute approximate surface area is 111 Å². The molecule has 5 heteroatoms. The number of rotatable bonds is 3. The van der Waals surface area contributed by atoms with Gasteiger partial charge in [0.05, 0.1) is 19.0 Å². The molecule has 1 heterocycles. The number of hydrogen-bond donors (Lipinski definition) is 2. The van der Waals surface area contributed by atoms with Crippen LogP contribution in [0, 0.1) is 6.92 Å². The number of hydrogen-bond acceptors (Lipinski definition) is 4. The molecule has 2 rings (SSSR count). The molecule has 0 fully saturated rings. The lowest BCUT2D eigenvalue weighted by Gasteiger charge is -2.08. The minimum absolute atomic E-state index is 0.252. The van der Waals surface area contributed by atoms with E-state index in [9.17, 15) is 4.79 Å². The molecule has 0 spiro atoms. The van der Waals surface area contributed by atoms with Crippen LogP contribution in [0.1, 0.15) is 15.9 Å². The Hall–Kier alpha value is -2.56. The number of methoxy groups -OCH3 is 1. The van der Waals surface area contributed by atoms with Gasteiger partial charge in [-0.25, -0.2) is 0 Å². The molecule has 2 aromatic rings. The summed E-state index contributed by atoms with van der Waals surface area (Å²) < 4.78 is 5.08. The second kappa shape index (κ2) is 5.39. The SMILES string of the molecule is COc1cc(N)cc(C(=O)Nc2cncc(C)c2)c1. The van der Waals surface area contributed by atoms with Crippen molar-refractivity contribution in [2.75, 3.05) is 18.2 Å². The number of pyridine rings is 1. The number of anilines is 2. The predicted molar refractivity (Wildman–Crippen MR) is 74.3 cm³/mol. The number of aryl methyl sites for hydroxylation is 1. The number of amides is 1. The summed E-state index contributed by atoms with van der Waals surface area (Å²) in [6, 6.07) is 6.73. The van der Waals surface area contributed by atoms with Gasteiger partial charge in [-0.1, -0.05) is 0 Å². The van der Waals surface area contributed by atoms with Gasteiger partial charge in [0.25, 0.3) is 5.91 Å². The molecule has 0 saturated heterocycles. The normalized spacial score (nSPS) is 10.0. The summed E-state index contributed by atoms with van der Waals surface area (Å²) in [5.41, 5.74) is 8.26. The third-order valence-corrected chi connectivity index (χ3v) is 2.56. The second-order valence-electron chi connectivity index (χ2n) is 4.20. The van der Waals surface area contributed by atoms with E-state index in [1.807, 2.05) is 13.0 Å². The van der Waals surface area contributed by atoms with Gasteiger partial charge in [-0.3, -0.25) is 9.78 Å². The van der Waals surface area contributed by atoms with E-state index >= 15 is 0 Å². The molecule has 1 amide bonds. The standard InChI is InChI=1S/C14H15N3O2/c1-9-3-12(8-16-7-9)17-14(18)10-4-11(15)6-13(5-10)19-2/h3-8H,15H2,1-2H3,(H,17,18). The number of nitrogens with one attached hydrogen (secondary N) is 1. The largest absolute Gasteiger partial charge is 0.497 e. The first kappa shape index (κ1) is 12.9. The molecule has 5 nitrogen and oxygen atoms in total. The fraction of sp³-hybridized carbons (Fsp3) is 0.143. The van der Waals surface area contributed by atoms with Crippen molar-refractivity contribution in [1.29, 1.82) is 0 Å². The third kappa shape index (κ3) is 3.22. The fourth-order valence-corrected chi connectivity index (χ4v) is 1.70. The van der Waals surface area contributed by atoms with Crippen molar-refractivity contribution in [2.45, 2.75) is 6.92 Å². The Morgan fingerprint density at radius 2 is 2.05 bits per heavy atom. The monoisotopic (exact) mass is 257 g/mol. The average Bonchev–Trinajstić information content (AvgIpc) is 2.38. The van der Waals surface area contributed by atoms with Crippen molar-refractivity contribution in [3.05, 3.63) is 47.8 Å². The minimum atomic E-state index is -0.252. The molecule has 0 radical (unpaired) electrons. The van der Waals surface area contributed by atoms with Crippen LogP contribution in [-0.2, 0) is 0 Å². The number of nitrogen functional groups attached to an aromatic ring is 1. The fourth-order valence-electron chi connectivity index (χ4n) is 1.70. The summed E-state index contributed by atoms with van der Waals surface area (Å²) in [6.45, 7) is 1.91. The zero-order chi connectivity index (χ0) is 13.8. The number of nitrogens with two attached hydrogens (primary N) is 1. The van der Waals surface area contributed by atoms with Gasteiger partial charge in [-0.15, -0.1) is 0 Å². The highest BCUT2D eigenvalue weighted by molar-refractivity contribution is 6.05. The first-order valence-corrected chi connectivity index (χ1v) is 5.76. The van der Waals surface area contributed by atoms with E-state index in [4.69, 9.17) is 10.5 Å². The van der Waals surface area contributed by atoms with Gasteiger partial charge in [-0.2, -0.15) is 0 Å². The van der Waals surface area contributed by atoms with Gasteiger partial charge >= 0.3 is 0 Å². The first-order chi connectivity index (χ1) is 9.08. The topological polar surface area (TPSA) is 77.2 Å². The Morgan fingerprint density at radius 1 is 1.26 bits per heavy atom. The van der Waals surface area contributed by atoms with Crippen molar-refractivity contribution in [3.63, 3.8) is 0 Å². The lowest BCUT2D eigenvalue weighted by molar-refractivity contribution is 0.102. The van der Waals surface area contributed by atoms with Crippen molar-refractivity contribution in [2.24, 2.45) is 0 Å². The van der Waals surface area contributed by atoms with Crippen LogP contribution in [0.25, 0.3) is 0 Å². The molecular formula is C14H15N3O2. The number of benzene rings is 1. The summed E-state index contributed by atoms with van der Waals surface area (Å²) in [4.78, 5) is 16.1. The van der Waals surface area contributed by atoms with E-state index < -0.39 is 0 Å². The highest BCUT2D eigenvalue weighted by Crippen LogP contribution is 2.19. The molecule has 0 aliphatic heterocycles. The highest BCUT2D eigenvalue weighted by atomic mass is 16.5. The van der Waals surface area contributed by atoms with Gasteiger partial charge < -0.3 is 15.8 Å². The zero-order valence-corrected chi connectivity index (χ0v) is 10.8. The molecule has 1 aromatic carbocycles. The Morgan fingerprint density at radius 3 is 2.74 bits per heavy atom. The van der Waals surface area contributed by atoms with Gasteiger partial charge in [0.2, 0.25) is 0 Å². The average molecular weight is 257 g/mol. The number of ether oxygens (including phenoxy) is 1. The molecule has 1 aromatic heterocycles. The molecule has 3 N–H and O–H groups in total. The Kier molecular flexibility index (Phi) is 3.66. The molecule has 0 aliphatic rings. The molecule has 0 saturated carbocycles. The molecule has 0 bridgehead atoms. The summed E-state index contributed by atoms with van der Waals surface area (Å²) in [5, 5.41) is 2.77. The van der Waals surface area contributed by atoms with Crippen LogP contribution in [0.3, 0.4) is 0 Å². The maximum atomic E-state index is 12.1. The Balaban J connectivity index is 2.22. The van der Waals surface area contributed by atoms with Crippen LogP contribution in [0.15, 0.2) is 36.7 Å². The van der Waals surface area contributed by atoms with Crippen LogP contribution in [0.4, 0.5) is 11.4 Å². The maximum Gasteiger partial charge on any atom is 0.255 e. The first-order valence-electron chi connectivity index (χ1n) is 5.76. The lowest BCUT2D eigenvalue weighted by atomic mass is 10.1. The van der Waals surface area contributed by atoms with E-state index in [1.165, 1.54) is 7.11 Å². The van der Waals surface area contributed by atoms with Gasteiger partial charge in [0.1, 0.15) is 5.75 Å². The molecule has 19 heavy (non-hydrogen) atoms. The van der Waals surface area contributed by atoms with Crippen molar-refractivity contribution in [3.8, 4) is 5.75 Å². The predicted octanol–water partition coefficient (Wildman–Crippen LogP) is 2.23. The van der Waals surface area contributed by atoms with Crippen LogP contribution < -0.4 is 15.8 Å². The summed E-state index contributed by atoms with van der Waals surface area (Å²) in [6.07, 6.45) is 3.31. The van der Waals surface area contributed by atoms with Crippen molar-refractivity contribution < 1.29 is 9.53 Å². The van der Waals surface area contributed by atoms with E-state index in [1.54, 1.807) is 30.6 Å². The van der Waals surface area contributed by atoms with E-state index in [0.717, 1.165) is 5.56 Å². The van der Waals surface area contributed by atoms with Crippen LogP contribution >= 0.6 is 0 Å². The minimum Gasteiger partial charge on any atom is -0.497 e. The van der Waals surface area contributed by atoms with Crippen molar-refractivity contribution in [1.82, 2.24) is 4.98 Å². The zero-order valence-electron chi connectivity index (χ0n) is 10.8. The molecule has 0 unspecified atom stereocenters. The highest BCUT2D eigenvalue weighted by Gasteiger charge is 2.09. The third-order valence-electron chi connectivity index (χ3n) is 2.56. The summed E-state index contributed by atoms with van der Waals surface area (Å²) in [5.74, 6) is 0.297. The van der Waals surface area contributed by atoms with Gasteiger partial charge in [0.15, 0.2) is 0 Å². The quantitative estimate of drug-likeness (QED) is 0.827. The number of nitrogens with zero attached hydrogens (tertiary/aromatic N) is 1. The molecule has 98 valence electrons. The number of carbonyl (C=O) groups is 1. The van der Waals surface area contributed by atoms with Gasteiger partial charge in [0, 0.05) is 23.5 Å². The van der Waals surface area contributed by atoms with Crippen LogP contribution in [-0.4, -0.2) is 18.0 Å². The lowest BCUT2D eigenvalue weighted by Crippen LogP contribution is -2.12. The number of aromatic nitrogens is 1. The second-order valence-corrected chi connectivity index (χ2v) is 4.20. The molecule has 0 aliphatic carbocycles. The molecular weight excluding hydrogens is 242 g/mol. The number of carbonyl (C=O) groups excluding carboxylic acids is 1. The summed E-state index contributed by atoms with van der Waals surface area (Å²) >= 11 is 0. The molecule has 0 atom stereocenters. The van der Waals surface area contributed by atoms with Crippen molar-refractivity contribution >= 4 is 17.3 Å². The van der Waals surface area contributed by atoms with E-state index in [0.29, 0.717) is 22.7 Å².